The van der Waals surface area contributed by atoms with Crippen LogP contribution in [-0.2, 0) is 39.2 Å². The molecule has 0 saturated carbocycles. The van der Waals surface area contributed by atoms with Gasteiger partial charge in [-0.15, -0.1) is 0 Å². The summed E-state index contributed by atoms with van der Waals surface area (Å²) in [7, 11) is -4.70. The summed E-state index contributed by atoms with van der Waals surface area (Å²) >= 11 is 6.46. The summed E-state index contributed by atoms with van der Waals surface area (Å²) in [6, 6.07) is 17.8. The number of ether oxygens (including phenoxy) is 4. The number of phosphoric acid groups is 1. The number of hydrogen-bond acceptors (Lipinski definition) is 13. The molecule has 2 aromatic carbocycles. The molecule has 2 saturated heterocycles. The van der Waals surface area contributed by atoms with Crippen LogP contribution in [0, 0.1) is 28.5 Å². The molecule has 2 aliphatic heterocycles. The van der Waals surface area contributed by atoms with Crippen molar-refractivity contribution in [2.75, 3.05) is 18.9 Å². The maximum Gasteiger partial charge on any atom is 0.530 e. The number of anilines is 1. The maximum absolute atomic E-state index is 14.9. The maximum atomic E-state index is 14.9. The number of para-hydroxylation sites is 1. The van der Waals surface area contributed by atoms with Gasteiger partial charge >= 0.3 is 14.0 Å². The summed E-state index contributed by atoms with van der Waals surface area (Å²) in [6.45, 7) is 2.35. The van der Waals surface area contributed by atoms with Crippen molar-refractivity contribution in [2.45, 2.75) is 165 Å². The minimum Gasteiger partial charge on any atom is -0.402 e. The predicted octanol–water partition coefficient (Wildman–Crippen LogP) is 12.4. The fourth-order valence-corrected chi connectivity index (χ4v) is 10.0. The minimum atomic E-state index is -4.70. The Morgan fingerprint density at radius 3 is 2.21 bits per heavy atom. The number of hydrogen-bond donors (Lipinski definition) is 1. The van der Waals surface area contributed by atoms with Crippen LogP contribution in [0.2, 0.25) is 5.02 Å². The second kappa shape index (κ2) is 24.5. The Bertz CT molecular complexity index is 2400. The number of unbranched alkanes of at least 4 members (excludes halogenated alkanes) is 13. The molecular formula is C48H60ClF4N6O8P. The fourth-order valence-electron chi connectivity index (χ4n) is 8.51. The molecule has 14 nitrogen and oxygen atoms in total. The van der Waals surface area contributed by atoms with E-state index in [1.54, 1.807) is 42.6 Å². The van der Waals surface area contributed by atoms with Crippen molar-refractivity contribution in [2.24, 2.45) is 0 Å². The number of fused-ring (bicyclic) bond motifs is 2. The third-order valence-electron chi connectivity index (χ3n) is 11.9. The number of nitriles is 2. The highest BCUT2D eigenvalue weighted by atomic mass is 35.5. The van der Waals surface area contributed by atoms with Crippen LogP contribution in [0.4, 0.5) is 23.4 Å². The Labute approximate surface area is 399 Å². The van der Waals surface area contributed by atoms with E-state index in [1.807, 2.05) is 6.07 Å². The van der Waals surface area contributed by atoms with Gasteiger partial charge in [0.15, 0.2) is 11.6 Å². The van der Waals surface area contributed by atoms with Crippen LogP contribution >= 0.6 is 19.4 Å². The van der Waals surface area contributed by atoms with Gasteiger partial charge in [0.25, 0.3) is 0 Å². The Morgan fingerprint density at radius 1 is 0.897 bits per heavy atom. The van der Waals surface area contributed by atoms with E-state index < -0.39 is 68.6 Å². The van der Waals surface area contributed by atoms with Crippen molar-refractivity contribution < 1.29 is 54.6 Å². The molecule has 6 atom stereocenters. The fraction of sp³-hybridized carbons (Fsp3) is 0.583. The Morgan fingerprint density at radius 2 is 1.56 bits per heavy atom. The van der Waals surface area contributed by atoms with E-state index in [0.717, 1.165) is 76.7 Å². The second-order valence-electron chi connectivity index (χ2n) is 17.8. The highest BCUT2D eigenvalue weighted by molar-refractivity contribution is 7.49. The zero-order valence-corrected chi connectivity index (χ0v) is 40.1. The third kappa shape index (κ3) is 15.1. The molecule has 68 heavy (non-hydrogen) atoms. The first-order valence-corrected chi connectivity index (χ1v) is 25.1. The SMILES string of the molecule is CC1(C)O[C@H]2[C@H](c3ccc4c(N)ncnn34)O[C@](C#N)(COP(=O)(OC[C@H](CCCCCCCCCCCCCCCCC(F)(F)F)OCc3cc(F)cc(C#N)c3)Oc3ccccc3Cl)[C@H]2O1. The number of nitrogens with zero attached hydrogens (tertiary/aromatic N) is 5. The molecular weight excluding hydrogens is 931 g/mol. The smallest absolute Gasteiger partial charge is 0.402 e. The van der Waals surface area contributed by atoms with Gasteiger partial charge in [-0.2, -0.15) is 28.8 Å². The summed E-state index contributed by atoms with van der Waals surface area (Å²) in [6.07, 6.45) is 6.26. The predicted molar refractivity (Wildman–Crippen MR) is 245 cm³/mol. The highest BCUT2D eigenvalue weighted by Gasteiger charge is 2.65. The molecule has 2 aliphatic rings. The molecule has 2 N–H and O–H groups in total. The first-order chi connectivity index (χ1) is 32.5. The summed E-state index contributed by atoms with van der Waals surface area (Å²) < 4.78 is 111. The number of halogens is 5. The number of nitrogens with two attached hydrogens (primary N) is 1. The van der Waals surface area contributed by atoms with E-state index in [1.165, 1.54) is 30.6 Å². The van der Waals surface area contributed by atoms with Crippen LogP contribution in [0.25, 0.3) is 5.52 Å². The summed E-state index contributed by atoms with van der Waals surface area (Å²) in [5.41, 5.74) is 5.76. The molecule has 370 valence electrons. The van der Waals surface area contributed by atoms with Gasteiger partial charge < -0.3 is 29.2 Å². The molecule has 4 aromatic rings. The van der Waals surface area contributed by atoms with E-state index in [-0.39, 0.29) is 41.8 Å². The van der Waals surface area contributed by atoms with Gasteiger partial charge in [0, 0.05) is 6.42 Å². The molecule has 2 aromatic heterocycles. The lowest BCUT2D eigenvalue weighted by Crippen LogP contribution is -2.46. The molecule has 0 bridgehead atoms. The highest BCUT2D eigenvalue weighted by Crippen LogP contribution is 2.55. The first kappa shape index (κ1) is 53.0. The molecule has 20 heteroatoms. The molecule has 0 aliphatic carbocycles. The van der Waals surface area contributed by atoms with Gasteiger partial charge in [-0.1, -0.05) is 107 Å². The van der Waals surface area contributed by atoms with Crippen molar-refractivity contribution in [3.05, 3.63) is 88.6 Å². The van der Waals surface area contributed by atoms with Gasteiger partial charge in [0.1, 0.15) is 54.4 Å². The van der Waals surface area contributed by atoms with Crippen LogP contribution in [0.15, 0.2) is 60.9 Å². The average molecular weight is 991 g/mol. The molecule has 0 amide bonds. The van der Waals surface area contributed by atoms with Crippen LogP contribution in [0.1, 0.15) is 140 Å². The number of nitrogen functional groups attached to an aromatic ring is 1. The third-order valence-corrected chi connectivity index (χ3v) is 13.6. The summed E-state index contributed by atoms with van der Waals surface area (Å²) in [5, 5.41) is 24.7. The zero-order valence-electron chi connectivity index (χ0n) is 38.4. The largest absolute Gasteiger partial charge is 0.530 e. The summed E-state index contributed by atoms with van der Waals surface area (Å²) in [5.74, 6) is -1.52. The zero-order chi connectivity index (χ0) is 48.8. The van der Waals surface area contributed by atoms with Crippen LogP contribution < -0.4 is 10.3 Å². The van der Waals surface area contributed by atoms with Crippen molar-refractivity contribution in [1.29, 1.82) is 10.5 Å². The lowest BCUT2D eigenvalue weighted by atomic mass is 9.96. The lowest BCUT2D eigenvalue weighted by Gasteiger charge is -2.30. The van der Waals surface area contributed by atoms with E-state index >= 15 is 0 Å². The van der Waals surface area contributed by atoms with Gasteiger partial charge in [0.2, 0.25) is 5.60 Å². The topological polar surface area (TPSA) is 185 Å². The number of alkyl halides is 3. The second-order valence-corrected chi connectivity index (χ2v) is 19.8. The van der Waals surface area contributed by atoms with Gasteiger partial charge in [-0.25, -0.2) is 18.5 Å². The average Bonchev–Trinajstić information content (AvgIpc) is 3.96. The molecule has 0 radical (unpaired) electrons. The monoisotopic (exact) mass is 990 g/mol. The van der Waals surface area contributed by atoms with Gasteiger partial charge in [-0.05, 0) is 74.7 Å². The number of aromatic nitrogens is 3. The van der Waals surface area contributed by atoms with Crippen molar-refractivity contribution in [3.63, 3.8) is 0 Å². The number of benzene rings is 2. The van der Waals surface area contributed by atoms with E-state index in [9.17, 15) is 32.7 Å². The van der Waals surface area contributed by atoms with E-state index in [2.05, 4.69) is 16.2 Å². The Balaban J connectivity index is 1.08. The Hall–Kier alpha value is -4.36. The van der Waals surface area contributed by atoms with Crippen LogP contribution in [0.5, 0.6) is 5.75 Å². The molecule has 0 spiro atoms. The lowest BCUT2D eigenvalue weighted by molar-refractivity contribution is -0.204. The van der Waals surface area contributed by atoms with Crippen molar-refractivity contribution >= 4 is 30.8 Å². The standard InChI is InChI=1S/C48H60ClF4N6O8P/c1-46(2)64-43-42(39-22-23-40-45(56)57-33-58-59(39)40)65-47(31-55,44(43)66-46)32-63-68(60,67-41-21-17-16-20-38(41)49)62-30-37(61-29-35-25-34(28-54)26-36(50)27-35)19-15-13-11-9-7-5-3-4-6-8-10-12-14-18-24-48(51,52)53/h16-17,20-23,25-27,33,37,42-44H,3-15,18-19,24,29-30,32H2,1-2H3,(H2,56,57,58)/t37-,42-,43-,44-,47+,68?/m0/s1. The number of phosphoric ester groups is 1. The molecule has 2 fully saturated rings. The summed E-state index contributed by atoms with van der Waals surface area (Å²) in [4.78, 5) is 4.06. The minimum absolute atomic E-state index is 0.00955. The van der Waals surface area contributed by atoms with Gasteiger partial charge in [-0.3, -0.25) is 9.05 Å². The first-order valence-electron chi connectivity index (χ1n) is 23.3. The van der Waals surface area contributed by atoms with E-state index in [0.29, 0.717) is 36.0 Å². The molecule has 6 rings (SSSR count). The normalized spacial score (nSPS) is 21.3. The Kier molecular flexibility index (Phi) is 19.1. The quantitative estimate of drug-likeness (QED) is 0.0322. The van der Waals surface area contributed by atoms with Crippen molar-refractivity contribution in [3.8, 4) is 17.9 Å². The molecule has 1 unspecified atom stereocenters. The van der Waals surface area contributed by atoms with Crippen LogP contribution in [-0.4, -0.2) is 63.7 Å². The van der Waals surface area contributed by atoms with Crippen molar-refractivity contribution in [1.82, 2.24) is 14.6 Å². The van der Waals surface area contributed by atoms with E-state index in [4.69, 9.17) is 49.9 Å². The number of rotatable bonds is 28. The van der Waals surface area contributed by atoms with Gasteiger partial charge in [0.05, 0.1) is 41.7 Å². The van der Waals surface area contributed by atoms with Crippen LogP contribution in [0.3, 0.4) is 0 Å². The molecule has 4 heterocycles.